The number of amides is 1. The van der Waals surface area contributed by atoms with Gasteiger partial charge >= 0.3 is 5.97 Å². The second-order valence-corrected chi connectivity index (χ2v) is 5.85. The number of nitrogens with one attached hydrogen (secondary N) is 1. The van der Waals surface area contributed by atoms with E-state index in [0.717, 1.165) is 0 Å². The fraction of sp³-hybridized carbons (Fsp3) is 0.235. The number of methoxy groups -OCH3 is 1. The molecule has 24 heavy (non-hydrogen) atoms. The Morgan fingerprint density at radius 2 is 2.00 bits per heavy atom. The van der Waals surface area contributed by atoms with Crippen LogP contribution in [0.5, 0.6) is 5.75 Å². The minimum absolute atomic E-state index is 0.0437. The van der Waals surface area contributed by atoms with Crippen molar-refractivity contribution >= 4 is 29.0 Å². The molecule has 0 radical (unpaired) electrons. The highest BCUT2D eigenvalue weighted by molar-refractivity contribution is 7.12. The minimum Gasteiger partial charge on any atom is -0.496 e. The first-order valence-corrected chi connectivity index (χ1v) is 8.04. The molecule has 0 aliphatic rings. The summed E-state index contributed by atoms with van der Waals surface area (Å²) in [6.45, 7) is 1.18. The van der Waals surface area contributed by atoms with Crippen molar-refractivity contribution in [2.45, 2.75) is 13.5 Å². The lowest BCUT2D eigenvalue weighted by Gasteiger charge is -2.11. The van der Waals surface area contributed by atoms with Gasteiger partial charge in [-0.1, -0.05) is 6.07 Å². The molecule has 126 valence electrons. The Morgan fingerprint density at radius 3 is 2.62 bits per heavy atom. The third-order valence-corrected chi connectivity index (χ3v) is 4.08. The molecule has 0 unspecified atom stereocenters. The Kier molecular flexibility index (Phi) is 6.08. The van der Waals surface area contributed by atoms with E-state index in [1.165, 1.54) is 25.4 Å². The molecule has 0 spiro atoms. The number of carbonyl (C=O) groups excluding carboxylic acids is 3. The topological polar surface area (TPSA) is 81.7 Å². The van der Waals surface area contributed by atoms with Crippen molar-refractivity contribution in [2.75, 3.05) is 13.7 Å². The number of benzene rings is 1. The molecule has 0 bridgehead atoms. The number of ether oxygens (including phenoxy) is 2. The van der Waals surface area contributed by atoms with Crippen molar-refractivity contribution in [1.82, 2.24) is 5.32 Å². The quantitative estimate of drug-likeness (QED) is 0.614. The molecule has 0 atom stereocenters. The number of hydrogen-bond donors (Lipinski definition) is 1. The summed E-state index contributed by atoms with van der Waals surface area (Å²) >= 11 is 1.29. The van der Waals surface area contributed by atoms with E-state index in [9.17, 15) is 14.4 Å². The molecule has 7 heteroatoms. The molecule has 2 rings (SSSR count). The highest BCUT2D eigenvalue weighted by Gasteiger charge is 2.12. The third-order valence-electron chi connectivity index (χ3n) is 3.21. The fourth-order valence-corrected chi connectivity index (χ4v) is 2.61. The van der Waals surface area contributed by atoms with Gasteiger partial charge in [0.1, 0.15) is 18.9 Å². The molecule has 1 aromatic carbocycles. The second kappa shape index (κ2) is 8.26. The zero-order chi connectivity index (χ0) is 17.5. The van der Waals surface area contributed by atoms with Crippen LogP contribution in [0.25, 0.3) is 0 Å². The SMILES string of the molecule is COc1ccc(C(C)=O)cc1COC(=O)CNC(=O)c1cccs1. The lowest BCUT2D eigenvalue weighted by atomic mass is 10.1. The van der Waals surface area contributed by atoms with E-state index in [0.29, 0.717) is 21.8 Å². The van der Waals surface area contributed by atoms with Gasteiger partial charge in [0.15, 0.2) is 5.78 Å². The van der Waals surface area contributed by atoms with Gasteiger partial charge in [0.2, 0.25) is 0 Å². The number of esters is 1. The number of hydrogen-bond acceptors (Lipinski definition) is 6. The molecule has 0 aliphatic heterocycles. The maximum atomic E-state index is 11.8. The molecule has 1 aromatic heterocycles. The first kappa shape index (κ1) is 17.7. The smallest absolute Gasteiger partial charge is 0.325 e. The summed E-state index contributed by atoms with van der Waals surface area (Å²) in [7, 11) is 1.50. The van der Waals surface area contributed by atoms with Crippen LogP contribution in [-0.2, 0) is 16.1 Å². The van der Waals surface area contributed by atoms with Crippen molar-refractivity contribution in [3.8, 4) is 5.75 Å². The number of Topliss-reactive ketones (excluding diaryl/α,β-unsaturated/α-hetero) is 1. The van der Waals surface area contributed by atoms with Crippen LogP contribution in [-0.4, -0.2) is 31.3 Å². The molecular formula is C17H17NO5S. The van der Waals surface area contributed by atoms with Crippen LogP contribution in [0.4, 0.5) is 0 Å². The highest BCUT2D eigenvalue weighted by Crippen LogP contribution is 2.21. The van der Waals surface area contributed by atoms with E-state index < -0.39 is 5.97 Å². The second-order valence-electron chi connectivity index (χ2n) is 4.90. The van der Waals surface area contributed by atoms with Crippen LogP contribution in [0.2, 0.25) is 0 Å². The molecular weight excluding hydrogens is 330 g/mol. The van der Waals surface area contributed by atoms with Gasteiger partial charge in [-0.05, 0) is 36.6 Å². The fourth-order valence-electron chi connectivity index (χ4n) is 1.97. The lowest BCUT2D eigenvalue weighted by Crippen LogP contribution is -2.30. The maximum Gasteiger partial charge on any atom is 0.325 e. The normalized spacial score (nSPS) is 10.1. The third kappa shape index (κ3) is 4.66. The van der Waals surface area contributed by atoms with E-state index in [1.807, 2.05) is 0 Å². The maximum absolute atomic E-state index is 11.8. The van der Waals surface area contributed by atoms with Crippen LogP contribution < -0.4 is 10.1 Å². The summed E-state index contributed by atoms with van der Waals surface area (Å²) in [4.78, 5) is 35.5. The van der Waals surface area contributed by atoms with E-state index >= 15 is 0 Å². The number of rotatable bonds is 7. The van der Waals surface area contributed by atoms with Crippen LogP contribution in [0.3, 0.4) is 0 Å². The van der Waals surface area contributed by atoms with E-state index in [1.54, 1.807) is 35.7 Å². The summed E-state index contributed by atoms with van der Waals surface area (Å²) < 4.78 is 10.3. The number of ketones is 1. The minimum atomic E-state index is -0.574. The van der Waals surface area contributed by atoms with Gasteiger partial charge in [-0.2, -0.15) is 0 Å². The average Bonchev–Trinajstić information content (AvgIpc) is 3.12. The van der Waals surface area contributed by atoms with Crippen LogP contribution in [0.15, 0.2) is 35.7 Å². The summed E-state index contributed by atoms with van der Waals surface area (Å²) in [5.74, 6) is -0.461. The van der Waals surface area contributed by atoms with E-state index in [4.69, 9.17) is 9.47 Å². The first-order valence-electron chi connectivity index (χ1n) is 7.16. The van der Waals surface area contributed by atoms with Gasteiger partial charge in [0.25, 0.3) is 5.91 Å². The van der Waals surface area contributed by atoms with Crippen molar-refractivity contribution in [3.63, 3.8) is 0 Å². The molecule has 2 aromatic rings. The predicted molar refractivity (Wildman–Crippen MR) is 89.4 cm³/mol. The highest BCUT2D eigenvalue weighted by atomic mass is 32.1. The zero-order valence-corrected chi connectivity index (χ0v) is 14.1. The Labute approximate surface area is 143 Å². The summed E-state index contributed by atoms with van der Waals surface area (Å²) in [5.41, 5.74) is 1.09. The summed E-state index contributed by atoms with van der Waals surface area (Å²) in [6, 6.07) is 8.35. The Bertz CT molecular complexity index is 739. The molecule has 6 nitrogen and oxygen atoms in total. The Hall–Kier alpha value is -2.67. The van der Waals surface area contributed by atoms with E-state index in [2.05, 4.69) is 5.32 Å². The molecule has 1 heterocycles. The largest absolute Gasteiger partial charge is 0.496 e. The average molecular weight is 347 g/mol. The molecule has 0 saturated heterocycles. The van der Waals surface area contributed by atoms with E-state index in [-0.39, 0.29) is 24.8 Å². The Balaban J connectivity index is 1.90. The summed E-state index contributed by atoms with van der Waals surface area (Å²) in [6.07, 6.45) is 0. The molecule has 0 fully saturated rings. The lowest BCUT2D eigenvalue weighted by molar-refractivity contribution is -0.143. The van der Waals surface area contributed by atoms with Crippen molar-refractivity contribution in [3.05, 3.63) is 51.7 Å². The van der Waals surface area contributed by atoms with Gasteiger partial charge in [-0.25, -0.2) is 0 Å². The van der Waals surface area contributed by atoms with Gasteiger partial charge in [-0.3, -0.25) is 14.4 Å². The predicted octanol–water partition coefficient (Wildman–Crippen LogP) is 2.43. The summed E-state index contributed by atoms with van der Waals surface area (Å²) in [5, 5.41) is 4.27. The zero-order valence-electron chi connectivity index (χ0n) is 13.3. The van der Waals surface area contributed by atoms with Crippen LogP contribution in [0.1, 0.15) is 32.5 Å². The Morgan fingerprint density at radius 1 is 1.21 bits per heavy atom. The monoisotopic (exact) mass is 347 g/mol. The van der Waals surface area contributed by atoms with Gasteiger partial charge in [-0.15, -0.1) is 11.3 Å². The molecule has 1 N–H and O–H groups in total. The van der Waals surface area contributed by atoms with Crippen LogP contribution >= 0.6 is 11.3 Å². The van der Waals surface area contributed by atoms with Crippen molar-refractivity contribution < 1.29 is 23.9 Å². The van der Waals surface area contributed by atoms with Crippen molar-refractivity contribution in [1.29, 1.82) is 0 Å². The number of thiophene rings is 1. The standard InChI is InChI=1S/C17H17NO5S/c1-11(19)12-5-6-14(22-2)13(8-12)10-23-16(20)9-18-17(21)15-4-3-7-24-15/h3-8H,9-10H2,1-2H3,(H,18,21). The van der Waals surface area contributed by atoms with Crippen molar-refractivity contribution in [2.24, 2.45) is 0 Å². The van der Waals surface area contributed by atoms with Gasteiger partial charge < -0.3 is 14.8 Å². The number of carbonyl (C=O) groups is 3. The van der Waals surface area contributed by atoms with Gasteiger partial charge in [0, 0.05) is 11.1 Å². The molecule has 0 aliphatic carbocycles. The van der Waals surface area contributed by atoms with Gasteiger partial charge in [0.05, 0.1) is 12.0 Å². The van der Waals surface area contributed by atoms with Crippen LogP contribution in [0, 0.1) is 0 Å². The molecule has 0 saturated carbocycles. The first-order chi connectivity index (χ1) is 11.5. The molecule has 1 amide bonds.